The molecule has 1 saturated carbocycles. The fourth-order valence-electron chi connectivity index (χ4n) is 4.02. The Hall–Kier alpha value is -2.82. The van der Waals surface area contributed by atoms with Gasteiger partial charge in [0.2, 0.25) is 0 Å². The summed E-state index contributed by atoms with van der Waals surface area (Å²) in [5, 5.41) is 22.0. The molecule has 7 nitrogen and oxygen atoms in total. The van der Waals surface area contributed by atoms with Gasteiger partial charge >= 0.3 is 0 Å². The number of nitrogens with zero attached hydrogens (tertiary/aromatic N) is 1. The van der Waals surface area contributed by atoms with Crippen molar-refractivity contribution in [1.29, 1.82) is 5.26 Å². The fourth-order valence-corrected chi connectivity index (χ4v) is 4.02. The van der Waals surface area contributed by atoms with Crippen molar-refractivity contribution in [2.75, 3.05) is 0 Å². The molecule has 0 spiro atoms. The van der Waals surface area contributed by atoms with E-state index in [0.717, 1.165) is 24.8 Å². The van der Waals surface area contributed by atoms with Crippen molar-refractivity contribution in [3.05, 3.63) is 53.5 Å². The van der Waals surface area contributed by atoms with E-state index in [-0.39, 0.29) is 29.3 Å². The third kappa shape index (κ3) is 3.05. The Kier molecular flexibility index (Phi) is 4.37. The average molecular weight is 352 g/mol. The third-order valence-electron chi connectivity index (χ3n) is 5.36. The van der Waals surface area contributed by atoms with Gasteiger partial charge in [-0.05, 0) is 49.4 Å². The standard InChI is InChI=1S/C19H20N4O3/c20-9-11-1-4-17(24)15(7-11)19(25)21-13-2-3-16-14(8-13)18(23-22-16)12-5-6-26-10-12/h1,4-7,10,13-14,16,18,22-24H,2-3,8H2,(H,21,25). The first kappa shape index (κ1) is 16.6. The van der Waals surface area contributed by atoms with Crippen LogP contribution in [0.1, 0.15) is 46.8 Å². The normalized spacial score (nSPS) is 27.5. The highest BCUT2D eigenvalue weighted by Gasteiger charge is 2.41. The van der Waals surface area contributed by atoms with E-state index < -0.39 is 0 Å². The van der Waals surface area contributed by atoms with Crippen molar-refractivity contribution in [3.8, 4) is 11.8 Å². The number of hydrazine groups is 1. The summed E-state index contributed by atoms with van der Waals surface area (Å²) in [4.78, 5) is 12.6. The molecular formula is C19H20N4O3. The van der Waals surface area contributed by atoms with Crippen LogP contribution in [0.5, 0.6) is 5.75 Å². The molecule has 1 aromatic heterocycles. The van der Waals surface area contributed by atoms with Crippen LogP contribution in [0.25, 0.3) is 0 Å². The van der Waals surface area contributed by atoms with Gasteiger partial charge < -0.3 is 14.8 Å². The van der Waals surface area contributed by atoms with Crippen molar-refractivity contribution >= 4 is 5.91 Å². The van der Waals surface area contributed by atoms with Gasteiger partial charge in [0.05, 0.1) is 35.8 Å². The Morgan fingerprint density at radius 2 is 2.19 bits per heavy atom. The molecule has 4 atom stereocenters. The predicted molar refractivity (Wildman–Crippen MR) is 92.9 cm³/mol. The van der Waals surface area contributed by atoms with Crippen LogP contribution in [0, 0.1) is 17.2 Å². The van der Waals surface area contributed by atoms with Crippen molar-refractivity contribution < 1.29 is 14.3 Å². The molecule has 1 saturated heterocycles. The van der Waals surface area contributed by atoms with Crippen LogP contribution in [-0.2, 0) is 0 Å². The lowest BCUT2D eigenvalue weighted by Gasteiger charge is -2.33. The van der Waals surface area contributed by atoms with Gasteiger partial charge in [-0.3, -0.25) is 10.2 Å². The summed E-state index contributed by atoms with van der Waals surface area (Å²) in [6, 6.07) is 8.75. The SMILES string of the molecule is N#Cc1ccc(O)c(C(=O)NC2CCC3NNC(c4ccoc4)C3C2)c1. The number of hydrogen-bond donors (Lipinski definition) is 4. The minimum Gasteiger partial charge on any atom is -0.507 e. The highest BCUT2D eigenvalue weighted by Crippen LogP contribution is 2.38. The second-order valence-corrected chi connectivity index (χ2v) is 6.92. The lowest BCUT2D eigenvalue weighted by atomic mass is 9.77. The molecule has 1 amide bonds. The van der Waals surface area contributed by atoms with Gasteiger partial charge in [-0.1, -0.05) is 0 Å². The number of carbonyl (C=O) groups excluding carboxylic acids is 1. The second-order valence-electron chi connectivity index (χ2n) is 6.92. The Morgan fingerprint density at radius 1 is 1.31 bits per heavy atom. The van der Waals surface area contributed by atoms with E-state index in [9.17, 15) is 9.90 Å². The molecule has 2 fully saturated rings. The van der Waals surface area contributed by atoms with Crippen LogP contribution >= 0.6 is 0 Å². The average Bonchev–Trinajstić information content (AvgIpc) is 3.31. The number of furan rings is 1. The molecule has 26 heavy (non-hydrogen) atoms. The molecule has 0 bridgehead atoms. The first-order valence-corrected chi connectivity index (χ1v) is 8.73. The summed E-state index contributed by atoms with van der Waals surface area (Å²) in [6.07, 6.45) is 6.04. The summed E-state index contributed by atoms with van der Waals surface area (Å²) in [5.74, 6) is -0.122. The molecule has 1 aromatic carbocycles. The smallest absolute Gasteiger partial charge is 0.255 e. The molecular weight excluding hydrogens is 332 g/mol. The van der Waals surface area contributed by atoms with Crippen LogP contribution < -0.4 is 16.2 Å². The number of hydrogen-bond acceptors (Lipinski definition) is 6. The molecule has 2 aromatic rings. The van der Waals surface area contributed by atoms with Crippen LogP contribution in [0.15, 0.2) is 41.2 Å². The van der Waals surface area contributed by atoms with Crippen LogP contribution in [-0.4, -0.2) is 23.1 Å². The molecule has 4 rings (SSSR count). The third-order valence-corrected chi connectivity index (χ3v) is 5.36. The molecule has 7 heteroatoms. The van der Waals surface area contributed by atoms with Crippen molar-refractivity contribution in [2.45, 2.75) is 37.4 Å². The van der Waals surface area contributed by atoms with E-state index in [4.69, 9.17) is 9.68 Å². The molecule has 0 radical (unpaired) electrons. The van der Waals surface area contributed by atoms with E-state index in [1.807, 2.05) is 12.1 Å². The van der Waals surface area contributed by atoms with E-state index in [1.54, 1.807) is 12.5 Å². The maximum absolute atomic E-state index is 12.6. The van der Waals surface area contributed by atoms with Gasteiger partial charge in [0.25, 0.3) is 5.91 Å². The largest absolute Gasteiger partial charge is 0.507 e. The second kappa shape index (κ2) is 6.83. The first-order chi connectivity index (χ1) is 12.7. The minimum atomic E-state index is -0.346. The van der Waals surface area contributed by atoms with Crippen LogP contribution in [0.2, 0.25) is 0 Å². The van der Waals surface area contributed by atoms with Gasteiger partial charge in [-0.15, -0.1) is 0 Å². The topological polar surface area (TPSA) is 110 Å². The highest BCUT2D eigenvalue weighted by atomic mass is 16.3. The quantitative estimate of drug-likeness (QED) is 0.672. The summed E-state index contributed by atoms with van der Waals surface area (Å²) in [5.41, 5.74) is 8.26. The van der Waals surface area contributed by atoms with E-state index in [0.29, 0.717) is 17.5 Å². The minimum absolute atomic E-state index is 0.0185. The molecule has 4 unspecified atom stereocenters. The van der Waals surface area contributed by atoms with E-state index in [1.165, 1.54) is 18.2 Å². The number of nitrogens with one attached hydrogen (secondary N) is 3. The maximum atomic E-state index is 12.6. The molecule has 4 N–H and O–H groups in total. The number of benzene rings is 1. The van der Waals surface area contributed by atoms with Gasteiger partial charge in [-0.25, -0.2) is 5.43 Å². The first-order valence-electron chi connectivity index (χ1n) is 8.73. The predicted octanol–water partition coefficient (Wildman–Crippen LogP) is 1.97. The zero-order chi connectivity index (χ0) is 18.1. The number of aromatic hydroxyl groups is 1. The van der Waals surface area contributed by atoms with Gasteiger partial charge in [0.1, 0.15) is 5.75 Å². The molecule has 1 aliphatic carbocycles. The summed E-state index contributed by atoms with van der Waals surface area (Å²) in [6.45, 7) is 0. The summed E-state index contributed by atoms with van der Waals surface area (Å²) < 4.78 is 5.20. The summed E-state index contributed by atoms with van der Waals surface area (Å²) >= 11 is 0. The van der Waals surface area contributed by atoms with Crippen LogP contribution in [0.3, 0.4) is 0 Å². The summed E-state index contributed by atoms with van der Waals surface area (Å²) in [7, 11) is 0. The highest BCUT2D eigenvalue weighted by molar-refractivity contribution is 5.97. The van der Waals surface area contributed by atoms with Crippen LogP contribution in [0.4, 0.5) is 0 Å². The van der Waals surface area contributed by atoms with Gasteiger partial charge in [0.15, 0.2) is 0 Å². The van der Waals surface area contributed by atoms with Crippen molar-refractivity contribution in [1.82, 2.24) is 16.2 Å². The van der Waals surface area contributed by atoms with Gasteiger partial charge in [0, 0.05) is 17.6 Å². The van der Waals surface area contributed by atoms with Crippen molar-refractivity contribution in [3.63, 3.8) is 0 Å². The lowest BCUT2D eigenvalue weighted by Crippen LogP contribution is -2.44. The van der Waals surface area contributed by atoms with Gasteiger partial charge in [-0.2, -0.15) is 5.26 Å². The monoisotopic (exact) mass is 352 g/mol. The fraction of sp³-hybridized carbons (Fsp3) is 0.368. The molecule has 134 valence electrons. The number of fused-ring (bicyclic) bond motifs is 1. The molecule has 1 aliphatic heterocycles. The Bertz CT molecular complexity index is 843. The molecule has 2 heterocycles. The Labute approximate surface area is 151 Å². The number of nitriles is 1. The number of rotatable bonds is 3. The van der Waals surface area contributed by atoms with E-state index >= 15 is 0 Å². The van der Waals surface area contributed by atoms with Crippen molar-refractivity contribution in [2.24, 2.45) is 5.92 Å². The number of phenols is 1. The number of phenolic OH excluding ortho intramolecular Hbond substituents is 1. The Balaban J connectivity index is 1.46. The molecule has 2 aliphatic rings. The lowest BCUT2D eigenvalue weighted by molar-refractivity contribution is 0.0912. The Morgan fingerprint density at radius 3 is 2.96 bits per heavy atom. The maximum Gasteiger partial charge on any atom is 0.255 e. The zero-order valence-electron chi connectivity index (χ0n) is 14.1. The number of carbonyl (C=O) groups is 1. The number of amides is 1. The zero-order valence-corrected chi connectivity index (χ0v) is 14.1. The van der Waals surface area contributed by atoms with E-state index in [2.05, 4.69) is 16.2 Å².